The average molecular weight is 532 g/mol. The molecule has 4 aromatic rings. The number of hydrogen-bond donors (Lipinski definition) is 1. The van der Waals surface area contributed by atoms with E-state index in [2.05, 4.69) is 15.5 Å². The number of esters is 1. The number of nitrogens with zero attached hydrogens (tertiary/aromatic N) is 2. The van der Waals surface area contributed by atoms with E-state index in [0.717, 1.165) is 6.26 Å². The second-order valence-corrected chi connectivity index (χ2v) is 9.81. The van der Waals surface area contributed by atoms with Gasteiger partial charge in [0.2, 0.25) is 16.3 Å². The first-order valence-corrected chi connectivity index (χ1v) is 12.5. The number of thiophene rings is 1. The normalized spacial score (nSPS) is 10.6. The van der Waals surface area contributed by atoms with Gasteiger partial charge < -0.3 is 18.6 Å². The minimum Gasteiger partial charge on any atom is -0.497 e. The van der Waals surface area contributed by atoms with Crippen molar-refractivity contribution in [2.45, 2.75) is 10.1 Å². The van der Waals surface area contributed by atoms with Gasteiger partial charge in [-0.15, -0.1) is 21.5 Å². The van der Waals surface area contributed by atoms with Gasteiger partial charge in [-0.3, -0.25) is 14.9 Å². The molecular formula is C22H17N3O7S3. The van der Waals surface area contributed by atoms with Gasteiger partial charge >= 0.3 is 5.97 Å². The number of benzene rings is 1. The summed E-state index contributed by atoms with van der Waals surface area (Å²) in [5, 5.41) is 12.8. The Bertz CT molecular complexity index is 1380. The van der Waals surface area contributed by atoms with Gasteiger partial charge in [0.1, 0.15) is 23.5 Å². The van der Waals surface area contributed by atoms with E-state index in [9.17, 15) is 14.4 Å². The molecule has 13 heteroatoms. The van der Waals surface area contributed by atoms with Crippen LogP contribution < -0.4 is 25.0 Å². The molecule has 0 fully saturated rings. The lowest BCUT2D eigenvalue weighted by Crippen LogP contribution is -2.15. The van der Waals surface area contributed by atoms with Crippen molar-refractivity contribution < 1.29 is 28.2 Å². The van der Waals surface area contributed by atoms with Crippen LogP contribution in [0.1, 0.15) is 25.8 Å². The number of amides is 1. The molecule has 0 aliphatic heterocycles. The summed E-state index contributed by atoms with van der Waals surface area (Å²) in [4.78, 5) is 37.6. The Morgan fingerprint density at radius 1 is 1.11 bits per heavy atom. The van der Waals surface area contributed by atoms with Crippen LogP contribution in [-0.4, -0.2) is 36.3 Å². The third kappa shape index (κ3) is 6.26. The number of carbonyl (C=O) groups excluding carboxylic acids is 2. The Labute approximate surface area is 210 Å². The maximum Gasteiger partial charge on any atom is 0.344 e. The fourth-order valence-corrected chi connectivity index (χ4v) is 4.95. The molecule has 0 radical (unpaired) electrons. The van der Waals surface area contributed by atoms with Gasteiger partial charge in [-0.2, -0.15) is 0 Å². The lowest BCUT2D eigenvalue weighted by atomic mass is 10.2. The summed E-state index contributed by atoms with van der Waals surface area (Å²) in [6.45, 7) is 0. The van der Waals surface area contributed by atoms with Gasteiger partial charge in [-0.25, -0.2) is 4.79 Å². The van der Waals surface area contributed by atoms with E-state index in [-0.39, 0.29) is 23.0 Å². The number of methoxy groups -OCH3 is 2. The second kappa shape index (κ2) is 11.2. The van der Waals surface area contributed by atoms with Crippen LogP contribution in [0.25, 0.3) is 0 Å². The zero-order valence-corrected chi connectivity index (χ0v) is 20.8. The van der Waals surface area contributed by atoms with E-state index in [1.807, 2.05) is 5.38 Å². The molecule has 3 heterocycles. The quantitative estimate of drug-likeness (QED) is 0.189. The Hall–Kier alpha value is -3.68. The van der Waals surface area contributed by atoms with Crippen molar-refractivity contribution in [2.75, 3.05) is 19.5 Å². The van der Waals surface area contributed by atoms with Gasteiger partial charge in [-0.1, -0.05) is 29.2 Å². The summed E-state index contributed by atoms with van der Waals surface area (Å²) in [6.07, 6.45) is 1.08. The van der Waals surface area contributed by atoms with E-state index < -0.39 is 11.4 Å². The average Bonchev–Trinajstić information content (AvgIpc) is 3.56. The summed E-state index contributed by atoms with van der Waals surface area (Å²) >= 11 is 3.81. The molecule has 0 saturated carbocycles. The molecule has 0 unspecified atom stereocenters. The van der Waals surface area contributed by atoms with Crippen LogP contribution in [0, 0.1) is 0 Å². The summed E-state index contributed by atoms with van der Waals surface area (Å²) in [6, 6.07) is 9.29. The Morgan fingerprint density at radius 2 is 1.89 bits per heavy atom. The van der Waals surface area contributed by atoms with E-state index in [1.165, 1.54) is 66.9 Å². The van der Waals surface area contributed by atoms with Crippen molar-refractivity contribution in [3.05, 3.63) is 74.5 Å². The predicted molar refractivity (Wildman–Crippen MR) is 131 cm³/mol. The van der Waals surface area contributed by atoms with Crippen LogP contribution in [0.3, 0.4) is 0 Å². The van der Waals surface area contributed by atoms with Crippen LogP contribution in [0.15, 0.2) is 61.6 Å². The number of carbonyl (C=O) groups is 2. The summed E-state index contributed by atoms with van der Waals surface area (Å²) in [7, 11) is 2.91. The Morgan fingerprint density at radius 3 is 2.54 bits per heavy atom. The number of nitrogens with one attached hydrogen (secondary N) is 1. The fourth-order valence-electron chi connectivity index (χ4n) is 2.69. The molecule has 0 aliphatic rings. The van der Waals surface area contributed by atoms with Crippen LogP contribution in [0.2, 0.25) is 0 Å². The fraction of sp³-hybridized carbons (Fsp3) is 0.136. The summed E-state index contributed by atoms with van der Waals surface area (Å²) in [5.41, 5.74) is -0.366. The zero-order chi connectivity index (χ0) is 24.8. The third-order valence-electron chi connectivity index (χ3n) is 4.35. The maximum atomic E-state index is 12.5. The molecule has 3 aromatic heterocycles. The SMILES string of the molecule is COc1cc(OC)cc(C(=O)Oc2coc(CSc3nnc(NC(=O)c4cccs4)s3)cc2=O)c1. The smallest absolute Gasteiger partial charge is 0.344 e. The highest BCUT2D eigenvalue weighted by Crippen LogP contribution is 2.29. The van der Waals surface area contributed by atoms with Gasteiger partial charge in [0.15, 0.2) is 4.34 Å². The second-order valence-electron chi connectivity index (χ2n) is 6.66. The van der Waals surface area contributed by atoms with Crippen LogP contribution in [0.5, 0.6) is 17.2 Å². The number of thioether (sulfide) groups is 1. The van der Waals surface area contributed by atoms with Gasteiger partial charge in [0.25, 0.3) is 5.91 Å². The number of anilines is 1. The monoisotopic (exact) mass is 531 g/mol. The van der Waals surface area contributed by atoms with Crippen molar-refractivity contribution in [1.82, 2.24) is 10.2 Å². The van der Waals surface area contributed by atoms with Crippen LogP contribution in [0.4, 0.5) is 5.13 Å². The van der Waals surface area contributed by atoms with E-state index in [1.54, 1.807) is 18.2 Å². The number of aromatic nitrogens is 2. The molecule has 4 rings (SSSR count). The molecule has 1 amide bonds. The molecule has 0 atom stereocenters. The third-order valence-corrected chi connectivity index (χ3v) is 7.21. The zero-order valence-electron chi connectivity index (χ0n) is 18.3. The molecule has 1 N–H and O–H groups in total. The molecule has 1 aromatic carbocycles. The lowest BCUT2D eigenvalue weighted by molar-refractivity contribution is 0.0727. The Kier molecular flexibility index (Phi) is 7.80. The van der Waals surface area contributed by atoms with Crippen molar-refractivity contribution in [3.63, 3.8) is 0 Å². The highest BCUT2D eigenvalue weighted by atomic mass is 32.2. The number of ether oxygens (including phenoxy) is 3. The number of rotatable bonds is 9. The minimum atomic E-state index is -0.761. The van der Waals surface area contributed by atoms with Gasteiger partial charge in [0, 0.05) is 12.1 Å². The molecule has 0 bridgehead atoms. The first kappa shape index (κ1) is 24.4. The van der Waals surface area contributed by atoms with E-state index in [4.69, 9.17) is 18.6 Å². The van der Waals surface area contributed by atoms with Crippen molar-refractivity contribution in [1.29, 1.82) is 0 Å². The highest BCUT2D eigenvalue weighted by molar-refractivity contribution is 8.00. The Balaban J connectivity index is 1.36. The van der Waals surface area contributed by atoms with E-state index >= 15 is 0 Å². The topological polar surface area (TPSA) is 130 Å². The number of hydrogen-bond acceptors (Lipinski definition) is 12. The lowest BCUT2D eigenvalue weighted by Gasteiger charge is -2.08. The highest BCUT2D eigenvalue weighted by Gasteiger charge is 2.16. The van der Waals surface area contributed by atoms with Crippen LogP contribution in [-0.2, 0) is 5.75 Å². The van der Waals surface area contributed by atoms with Crippen molar-refractivity contribution >= 4 is 51.4 Å². The molecule has 180 valence electrons. The van der Waals surface area contributed by atoms with E-state index in [0.29, 0.717) is 31.6 Å². The standard InChI is InChI=1S/C22H17N3O7S3/c1-29-13-6-12(7-14(8-13)30-2)20(28)32-17-10-31-15(9-16(17)26)11-34-22-25-24-21(35-22)23-19(27)18-4-3-5-33-18/h3-10H,11H2,1-2H3,(H,23,24,27). The van der Waals surface area contributed by atoms with Crippen molar-refractivity contribution in [2.24, 2.45) is 0 Å². The maximum absolute atomic E-state index is 12.5. The minimum absolute atomic E-state index is 0.151. The molecule has 0 spiro atoms. The first-order valence-electron chi connectivity index (χ1n) is 9.83. The van der Waals surface area contributed by atoms with Gasteiger partial charge in [0.05, 0.1) is 30.4 Å². The molecule has 35 heavy (non-hydrogen) atoms. The van der Waals surface area contributed by atoms with Crippen molar-refractivity contribution in [3.8, 4) is 17.2 Å². The predicted octanol–water partition coefficient (Wildman–Crippen LogP) is 4.33. The first-order chi connectivity index (χ1) is 16.9. The summed E-state index contributed by atoms with van der Waals surface area (Å²) < 4.78 is 21.5. The molecule has 10 nitrogen and oxygen atoms in total. The molecule has 0 aliphatic carbocycles. The van der Waals surface area contributed by atoms with Gasteiger partial charge in [-0.05, 0) is 23.6 Å². The largest absolute Gasteiger partial charge is 0.497 e. The summed E-state index contributed by atoms with van der Waals surface area (Å²) in [5.74, 6) is 0.175. The van der Waals surface area contributed by atoms with Crippen LogP contribution >= 0.6 is 34.4 Å². The molecule has 0 saturated heterocycles. The molecular weight excluding hydrogens is 514 g/mol.